The fourth-order valence-electron chi connectivity index (χ4n) is 3.29. The van der Waals surface area contributed by atoms with Crippen molar-refractivity contribution in [2.45, 2.75) is 18.4 Å². The van der Waals surface area contributed by atoms with Gasteiger partial charge in [-0.3, -0.25) is 4.79 Å². The van der Waals surface area contributed by atoms with Gasteiger partial charge in [0, 0.05) is 38.6 Å². The molecule has 37 heavy (non-hydrogen) atoms. The summed E-state index contributed by atoms with van der Waals surface area (Å²) in [5.41, 5.74) is -4.55. The van der Waals surface area contributed by atoms with Crippen LogP contribution in [0.25, 0.3) is 0 Å². The second-order valence-electron chi connectivity index (χ2n) is 7.67. The summed E-state index contributed by atoms with van der Waals surface area (Å²) in [6.45, 7) is -0.0360. The molecule has 3 rings (SSSR count). The molecule has 3 heterocycles. The molecule has 1 fully saturated rings. The number of anilines is 2. The van der Waals surface area contributed by atoms with Gasteiger partial charge in [0.25, 0.3) is 5.56 Å². The highest BCUT2D eigenvalue weighted by Gasteiger charge is 2.37. The highest BCUT2D eigenvalue weighted by molar-refractivity contribution is 5.68. The lowest BCUT2D eigenvalue weighted by Gasteiger charge is -2.34. The number of hydrogen-bond acceptors (Lipinski definition) is 9. The molecule has 1 amide bonds. The molecule has 3 N–H and O–H groups in total. The van der Waals surface area contributed by atoms with Gasteiger partial charge < -0.3 is 25.0 Å². The van der Waals surface area contributed by atoms with Crippen LogP contribution in [0, 0.1) is 0 Å². The maximum atomic E-state index is 13.1. The lowest BCUT2D eigenvalue weighted by molar-refractivity contribution is -0.139. The van der Waals surface area contributed by atoms with Crippen LogP contribution in [0.1, 0.15) is 11.1 Å². The quantitative estimate of drug-likeness (QED) is 0.357. The molecule has 0 spiro atoms. The molecule has 1 aliphatic rings. The van der Waals surface area contributed by atoms with Crippen LogP contribution in [0.2, 0.25) is 0 Å². The molecule has 0 saturated carbocycles. The molecule has 1 saturated heterocycles. The monoisotopic (exact) mass is 537 g/mol. The number of carbonyl (C=O) groups excluding carboxylic acids is 1. The number of H-pyrrole nitrogens is 1. The van der Waals surface area contributed by atoms with E-state index in [1.165, 1.54) is 17.1 Å². The Kier molecular flexibility index (Phi) is 8.57. The van der Waals surface area contributed by atoms with Gasteiger partial charge in [-0.05, 0) is 6.08 Å². The van der Waals surface area contributed by atoms with E-state index in [9.17, 15) is 41.0 Å². The van der Waals surface area contributed by atoms with Gasteiger partial charge in [-0.1, -0.05) is 6.08 Å². The Morgan fingerprint density at radius 2 is 1.76 bits per heavy atom. The molecule has 0 aromatic carbocycles. The first-order valence-corrected chi connectivity index (χ1v) is 10.6. The number of hydrogen-bond donors (Lipinski definition) is 3. The smallest absolute Gasteiger partial charge is 0.423 e. The molecule has 1 aliphatic heterocycles. The van der Waals surface area contributed by atoms with Gasteiger partial charge in [0.05, 0.1) is 30.1 Å². The number of carbonyl (C=O) groups is 1. The van der Waals surface area contributed by atoms with E-state index in [0.717, 1.165) is 6.20 Å². The average Bonchev–Trinajstić information content (AvgIpc) is 2.84. The average molecular weight is 537 g/mol. The molecule has 0 aliphatic carbocycles. The molecular weight excluding hydrogens is 516 g/mol. The Hall–Kier alpha value is -3.89. The minimum Gasteiger partial charge on any atom is -0.445 e. The van der Waals surface area contributed by atoms with Crippen molar-refractivity contribution in [3.05, 3.63) is 52.2 Å². The van der Waals surface area contributed by atoms with Crippen LogP contribution in [0.5, 0.6) is 0 Å². The van der Waals surface area contributed by atoms with Crippen LogP contribution in [0.4, 0.5) is 42.8 Å². The lowest BCUT2D eigenvalue weighted by atomic mass is 10.2. The number of nitrogens with zero attached hydrogens (tertiary/aromatic N) is 5. The van der Waals surface area contributed by atoms with E-state index in [2.05, 4.69) is 20.4 Å². The highest BCUT2D eigenvalue weighted by Crippen LogP contribution is 2.31. The summed E-state index contributed by atoms with van der Waals surface area (Å²) in [4.78, 5) is 34.2. The third kappa shape index (κ3) is 7.31. The summed E-state index contributed by atoms with van der Waals surface area (Å²) < 4.78 is 82.4. The number of alkyl halides is 6. The normalized spacial score (nSPS) is 15.6. The van der Waals surface area contributed by atoms with Crippen LogP contribution < -0.4 is 15.8 Å². The largest absolute Gasteiger partial charge is 0.445 e. The lowest BCUT2D eigenvalue weighted by Crippen LogP contribution is -2.49. The van der Waals surface area contributed by atoms with Gasteiger partial charge in [-0.15, -0.1) is 0 Å². The Morgan fingerprint density at radius 3 is 2.32 bits per heavy atom. The molecule has 2 aromatic heterocycles. The highest BCUT2D eigenvalue weighted by atomic mass is 19.4. The first-order chi connectivity index (χ1) is 17.4. The third-order valence-corrected chi connectivity index (χ3v) is 5.13. The number of rotatable bonds is 7. The van der Waals surface area contributed by atoms with Gasteiger partial charge in [-0.2, -0.15) is 31.4 Å². The van der Waals surface area contributed by atoms with E-state index in [-0.39, 0.29) is 38.7 Å². The molecule has 202 valence electrons. The Labute approximate surface area is 204 Å². The number of aliphatic hydroxyl groups excluding tert-OH is 1. The molecule has 1 atom stereocenters. The second-order valence-corrected chi connectivity index (χ2v) is 7.67. The number of aromatic amines is 1. The van der Waals surface area contributed by atoms with E-state index in [0.29, 0.717) is 12.4 Å². The molecule has 11 nitrogen and oxygen atoms in total. The maximum absolute atomic E-state index is 13.1. The van der Waals surface area contributed by atoms with Crippen molar-refractivity contribution in [3.63, 3.8) is 0 Å². The number of halogens is 6. The van der Waals surface area contributed by atoms with Crippen molar-refractivity contribution in [1.82, 2.24) is 25.1 Å². The van der Waals surface area contributed by atoms with Crippen molar-refractivity contribution >= 4 is 17.7 Å². The number of aliphatic hydroxyl groups is 1. The van der Waals surface area contributed by atoms with E-state index in [4.69, 9.17) is 4.74 Å². The SMILES string of the molecule is O=C(OC/C=C/[C@H](CO)Nc1cn[nH]c(=O)c1C(F)(F)F)N1CCN(c2ncc(C(F)(F)F)cn2)CC1. The van der Waals surface area contributed by atoms with Crippen molar-refractivity contribution in [2.75, 3.05) is 49.6 Å². The van der Waals surface area contributed by atoms with Gasteiger partial charge in [0.1, 0.15) is 12.2 Å². The van der Waals surface area contributed by atoms with Crippen LogP contribution in [-0.2, 0) is 17.1 Å². The van der Waals surface area contributed by atoms with Crippen molar-refractivity contribution < 1.29 is 41.0 Å². The molecule has 17 heteroatoms. The van der Waals surface area contributed by atoms with Crippen LogP contribution >= 0.6 is 0 Å². The molecule has 2 aromatic rings. The molecule has 0 radical (unpaired) electrons. The summed E-state index contributed by atoms with van der Waals surface area (Å²) in [5.74, 6) is 0.0933. The summed E-state index contributed by atoms with van der Waals surface area (Å²) in [6.07, 6.45) is -5.52. The van der Waals surface area contributed by atoms with Gasteiger partial charge in [-0.25, -0.2) is 19.9 Å². The Bertz CT molecular complexity index is 1150. The van der Waals surface area contributed by atoms with E-state index >= 15 is 0 Å². The van der Waals surface area contributed by atoms with Crippen molar-refractivity contribution in [3.8, 4) is 0 Å². The fourth-order valence-corrected chi connectivity index (χ4v) is 3.29. The van der Waals surface area contributed by atoms with Crippen molar-refractivity contribution in [2.24, 2.45) is 0 Å². The van der Waals surface area contributed by atoms with E-state index in [1.807, 2.05) is 0 Å². The number of ether oxygens (including phenoxy) is 1. The Balaban J connectivity index is 1.48. The predicted octanol–water partition coefficient (Wildman–Crippen LogP) is 1.89. The van der Waals surface area contributed by atoms with Crippen LogP contribution in [0.3, 0.4) is 0 Å². The van der Waals surface area contributed by atoms with Crippen LogP contribution in [-0.4, -0.2) is 81.7 Å². The fraction of sp³-hybridized carbons (Fsp3) is 0.450. The minimum absolute atomic E-state index is 0.0933. The minimum atomic E-state index is -4.96. The number of aromatic nitrogens is 4. The number of amides is 1. The summed E-state index contributed by atoms with van der Waals surface area (Å²) in [7, 11) is 0. The third-order valence-electron chi connectivity index (χ3n) is 5.13. The van der Waals surface area contributed by atoms with Gasteiger partial charge >= 0.3 is 18.4 Å². The molecular formula is C20H21F6N7O4. The first-order valence-electron chi connectivity index (χ1n) is 10.6. The van der Waals surface area contributed by atoms with Gasteiger partial charge in [0.2, 0.25) is 5.95 Å². The Morgan fingerprint density at radius 1 is 1.11 bits per heavy atom. The topological polar surface area (TPSA) is 137 Å². The summed E-state index contributed by atoms with van der Waals surface area (Å²) in [6, 6.07) is -1.05. The molecule has 0 unspecified atom stereocenters. The summed E-state index contributed by atoms with van der Waals surface area (Å²) in [5, 5.41) is 16.8. The second kappa shape index (κ2) is 11.4. The zero-order valence-corrected chi connectivity index (χ0v) is 18.9. The van der Waals surface area contributed by atoms with Crippen molar-refractivity contribution in [1.29, 1.82) is 0 Å². The number of piperazine rings is 1. The maximum Gasteiger partial charge on any atom is 0.423 e. The standard InChI is InChI=1S/C20H21F6N7O4/c21-19(22,23)12-8-27-17(28-9-12)32-3-5-33(6-4-32)18(36)37-7-1-2-13(11-34)30-14-10-29-31-16(35)15(14)20(24,25)26/h1-2,8-10,13,34H,3-7,11H2,(H2,30,31,35)/b2-1+/t13-/m1/s1. The first kappa shape index (κ1) is 27.7. The van der Waals surface area contributed by atoms with E-state index < -0.39 is 53.5 Å². The predicted molar refractivity (Wildman–Crippen MR) is 116 cm³/mol. The molecule has 0 bridgehead atoms. The zero-order chi connectivity index (χ0) is 27.2. The summed E-state index contributed by atoms with van der Waals surface area (Å²) >= 11 is 0. The zero-order valence-electron chi connectivity index (χ0n) is 18.9. The van der Waals surface area contributed by atoms with Gasteiger partial charge in [0.15, 0.2) is 0 Å². The van der Waals surface area contributed by atoms with Crippen LogP contribution in [0.15, 0.2) is 35.5 Å². The number of nitrogens with one attached hydrogen (secondary N) is 2. The van der Waals surface area contributed by atoms with E-state index in [1.54, 1.807) is 10.00 Å².